The van der Waals surface area contributed by atoms with Gasteiger partial charge in [-0.15, -0.1) is 0 Å². The van der Waals surface area contributed by atoms with Gasteiger partial charge in [-0.1, -0.05) is 12.8 Å². The second-order valence-electron chi connectivity index (χ2n) is 5.99. The van der Waals surface area contributed by atoms with E-state index < -0.39 is 10.0 Å². The highest BCUT2D eigenvalue weighted by Crippen LogP contribution is 2.25. The van der Waals surface area contributed by atoms with E-state index in [1.54, 1.807) is 11.2 Å². The molecule has 2 fully saturated rings. The van der Waals surface area contributed by atoms with E-state index in [1.807, 2.05) is 0 Å². The molecule has 1 aliphatic carbocycles. The molecular formula is C14H26N2O3S. The standard InChI is InChI=1S/C14H26N2O3S/c1-2-20(18,19)16-9-5-6-12(11-16)10-15-14(17)13-7-3-4-8-13/h12-13H,2-11H2,1H3,(H,15,17)/t12-/m1/s1. The summed E-state index contributed by atoms with van der Waals surface area (Å²) in [5.41, 5.74) is 0. The van der Waals surface area contributed by atoms with Gasteiger partial charge in [-0.2, -0.15) is 0 Å². The maximum absolute atomic E-state index is 12.0. The fourth-order valence-corrected chi connectivity index (χ4v) is 4.42. The minimum absolute atomic E-state index is 0.161. The van der Waals surface area contributed by atoms with Crippen molar-refractivity contribution in [2.24, 2.45) is 11.8 Å². The minimum atomic E-state index is -3.09. The first kappa shape index (κ1) is 15.8. The lowest BCUT2D eigenvalue weighted by Gasteiger charge is -2.31. The maximum Gasteiger partial charge on any atom is 0.223 e. The van der Waals surface area contributed by atoms with Crippen LogP contribution in [0.1, 0.15) is 45.4 Å². The van der Waals surface area contributed by atoms with Crippen LogP contribution in [0, 0.1) is 11.8 Å². The topological polar surface area (TPSA) is 66.5 Å². The number of amides is 1. The van der Waals surface area contributed by atoms with Gasteiger partial charge in [0.2, 0.25) is 15.9 Å². The highest BCUT2D eigenvalue weighted by molar-refractivity contribution is 7.89. The van der Waals surface area contributed by atoms with Crippen molar-refractivity contribution in [3.8, 4) is 0 Å². The Morgan fingerprint density at radius 1 is 1.20 bits per heavy atom. The molecule has 1 saturated carbocycles. The van der Waals surface area contributed by atoms with Gasteiger partial charge in [-0.3, -0.25) is 4.79 Å². The Balaban J connectivity index is 1.79. The van der Waals surface area contributed by atoms with Crippen LogP contribution in [0.2, 0.25) is 0 Å². The number of nitrogens with one attached hydrogen (secondary N) is 1. The highest BCUT2D eigenvalue weighted by Gasteiger charge is 2.28. The summed E-state index contributed by atoms with van der Waals surface area (Å²) in [5.74, 6) is 0.774. The molecule has 0 aromatic carbocycles. The Bertz CT molecular complexity index is 430. The normalized spacial score (nSPS) is 25.8. The van der Waals surface area contributed by atoms with Crippen LogP contribution in [0.4, 0.5) is 0 Å². The van der Waals surface area contributed by atoms with Crippen LogP contribution in [0.15, 0.2) is 0 Å². The molecule has 0 unspecified atom stereocenters. The lowest BCUT2D eigenvalue weighted by Crippen LogP contribution is -2.44. The van der Waals surface area contributed by atoms with E-state index in [2.05, 4.69) is 5.32 Å². The Labute approximate surface area is 122 Å². The third-order valence-electron chi connectivity index (χ3n) is 4.53. The molecule has 5 nitrogen and oxygen atoms in total. The number of carbonyl (C=O) groups excluding carboxylic acids is 1. The van der Waals surface area contributed by atoms with Crippen molar-refractivity contribution >= 4 is 15.9 Å². The molecule has 1 amide bonds. The number of hydrogen-bond donors (Lipinski definition) is 1. The third kappa shape index (κ3) is 3.95. The fraction of sp³-hybridized carbons (Fsp3) is 0.929. The lowest BCUT2D eigenvalue weighted by molar-refractivity contribution is -0.125. The first-order chi connectivity index (χ1) is 9.53. The van der Waals surface area contributed by atoms with E-state index in [0.717, 1.165) is 38.5 Å². The van der Waals surface area contributed by atoms with Crippen LogP contribution < -0.4 is 5.32 Å². The zero-order valence-electron chi connectivity index (χ0n) is 12.3. The average molecular weight is 302 g/mol. The van der Waals surface area contributed by atoms with E-state index in [4.69, 9.17) is 0 Å². The van der Waals surface area contributed by atoms with Crippen LogP contribution >= 0.6 is 0 Å². The van der Waals surface area contributed by atoms with E-state index in [-0.39, 0.29) is 23.5 Å². The first-order valence-electron chi connectivity index (χ1n) is 7.78. The predicted molar refractivity (Wildman–Crippen MR) is 78.7 cm³/mol. The minimum Gasteiger partial charge on any atom is -0.356 e. The quantitative estimate of drug-likeness (QED) is 0.834. The van der Waals surface area contributed by atoms with Gasteiger partial charge in [0.15, 0.2) is 0 Å². The molecule has 1 heterocycles. The summed E-state index contributed by atoms with van der Waals surface area (Å²) in [6.07, 6.45) is 6.22. The van der Waals surface area contributed by atoms with E-state index in [1.165, 1.54) is 0 Å². The SMILES string of the molecule is CCS(=O)(=O)N1CCC[C@H](CNC(=O)C2CCCC2)C1. The first-order valence-corrected chi connectivity index (χ1v) is 9.39. The zero-order valence-corrected chi connectivity index (χ0v) is 13.1. The molecule has 0 aromatic rings. The number of rotatable bonds is 5. The van der Waals surface area contributed by atoms with Gasteiger partial charge in [-0.25, -0.2) is 12.7 Å². The summed E-state index contributed by atoms with van der Waals surface area (Å²) >= 11 is 0. The van der Waals surface area contributed by atoms with Crippen molar-refractivity contribution in [1.29, 1.82) is 0 Å². The molecule has 0 aromatic heterocycles. The van der Waals surface area contributed by atoms with Crippen LogP contribution in [0.5, 0.6) is 0 Å². The molecule has 1 aliphatic heterocycles. The van der Waals surface area contributed by atoms with E-state index in [9.17, 15) is 13.2 Å². The molecule has 20 heavy (non-hydrogen) atoms. The summed E-state index contributed by atoms with van der Waals surface area (Å²) in [4.78, 5) is 12.0. The Hall–Kier alpha value is -0.620. The Kier molecular flexibility index (Phi) is 5.43. The molecule has 1 N–H and O–H groups in total. The average Bonchev–Trinajstić information content (AvgIpc) is 2.99. The molecule has 1 saturated heterocycles. The van der Waals surface area contributed by atoms with Gasteiger partial charge in [0.1, 0.15) is 0 Å². The Morgan fingerprint density at radius 2 is 1.90 bits per heavy atom. The van der Waals surface area contributed by atoms with Gasteiger partial charge >= 0.3 is 0 Å². The molecule has 6 heteroatoms. The molecule has 2 rings (SSSR count). The summed E-state index contributed by atoms with van der Waals surface area (Å²) in [7, 11) is -3.09. The molecule has 0 bridgehead atoms. The molecular weight excluding hydrogens is 276 g/mol. The van der Waals surface area contributed by atoms with Crippen molar-refractivity contribution in [2.75, 3.05) is 25.4 Å². The van der Waals surface area contributed by atoms with Crippen LogP contribution in [-0.4, -0.2) is 44.0 Å². The van der Waals surface area contributed by atoms with Gasteiger partial charge < -0.3 is 5.32 Å². The van der Waals surface area contributed by atoms with Gasteiger partial charge in [-0.05, 0) is 38.5 Å². The summed E-state index contributed by atoms with van der Waals surface area (Å²) in [5, 5.41) is 3.02. The highest BCUT2D eigenvalue weighted by atomic mass is 32.2. The van der Waals surface area contributed by atoms with Crippen molar-refractivity contribution in [2.45, 2.75) is 45.4 Å². The van der Waals surface area contributed by atoms with Gasteiger partial charge in [0.25, 0.3) is 0 Å². The van der Waals surface area contributed by atoms with Crippen LogP contribution in [0.25, 0.3) is 0 Å². The summed E-state index contributed by atoms with van der Waals surface area (Å²) < 4.78 is 25.4. The second-order valence-corrected chi connectivity index (χ2v) is 8.25. The fourth-order valence-electron chi connectivity index (χ4n) is 3.21. The number of carbonyl (C=O) groups is 1. The number of sulfonamides is 1. The molecule has 0 radical (unpaired) electrons. The van der Waals surface area contributed by atoms with Crippen molar-refractivity contribution in [3.63, 3.8) is 0 Å². The van der Waals surface area contributed by atoms with E-state index in [0.29, 0.717) is 19.6 Å². The lowest BCUT2D eigenvalue weighted by atomic mass is 9.99. The predicted octanol–water partition coefficient (Wildman–Crippen LogP) is 1.35. The molecule has 116 valence electrons. The van der Waals surface area contributed by atoms with Crippen LogP contribution in [0.3, 0.4) is 0 Å². The smallest absolute Gasteiger partial charge is 0.223 e. The van der Waals surface area contributed by atoms with Gasteiger partial charge in [0.05, 0.1) is 5.75 Å². The summed E-state index contributed by atoms with van der Waals surface area (Å²) in [6, 6.07) is 0. The van der Waals surface area contributed by atoms with Crippen LogP contribution in [-0.2, 0) is 14.8 Å². The molecule has 2 aliphatic rings. The van der Waals surface area contributed by atoms with Gasteiger partial charge in [0, 0.05) is 25.6 Å². The summed E-state index contributed by atoms with van der Waals surface area (Å²) in [6.45, 7) is 3.48. The molecule has 1 atom stereocenters. The van der Waals surface area contributed by atoms with E-state index >= 15 is 0 Å². The number of hydrogen-bond acceptors (Lipinski definition) is 3. The Morgan fingerprint density at radius 3 is 2.55 bits per heavy atom. The van der Waals surface area contributed by atoms with Crippen molar-refractivity contribution < 1.29 is 13.2 Å². The van der Waals surface area contributed by atoms with Crippen molar-refractivity contribution in [1.82, 2.24) is 9.62 Å². The number of nitrogens with zero attached hydrogens (tertiary/aromatic N) is 1. The zero-order chi connectivity index (χ0) is 14.6. The second kappa shape index (κ2) is 6.89. The monoisotopic (exact) mass is 302 g/mol. The maximum atomic E-state index is 12.0. The molecule has 0 spiro atoms. The third-order valence-corrected chi connectivity index (χ3v) is 6.38. The van der Waals surface area contributed by atoms with Crippen molar-refractivity contribution in [3.05, 3.63) is 0 Å². The number of piperidine rings is 1. The largest absolute Gasteiger partial charge is 0.356 e.